The van der Waals surface area contributed by atoms with Crippen LogP contribution in [-0.2, 0) is 15.7 Å². The highest BCUT2D eigenvalue weighted by Gasteiger charge is 2.35. The van der Waals surface area contributed by atoms with Crippen molar-refractivity contribution in [1.29, 1.82) is 0 Å². The molecular formula is C10H14F3N5O2. The number of amides is 1. The van der Waals surface area contributed by atoms with Gasteiger partial charge < -0.3 is 21.1 Å². The molecule has 0 spiro atoms. The molecule has 4 N–H and O–H groups in total. The maximum Gasteiger partial charge on any atom is 0.451 e. The second-order valence-corrected chi connectivity index (χ2v) is 3.66. The third kappa shape index (κ3) is 5.26. The molecule has 0 saturated heterocycles. The lowest BCUT2D eigenvalue weighted by Gasteiger charge is -2.11. The van der Waals surface area contributed by atoms with E-state index in [0.717, 1.165) is 0 Å². The number of hydrogen-bond donors (Lipinski definition) is 3. The van der Waals surface area contributed by atoms with E-state index in [9.17, 15) is 18.0 Å². The summed E-state index contributed by atoms with van der Waals surface area (Å²) >= 11 is 0. The van der Waals surface area contributed by atoms with Crippen molar-refractivity contribution in [2.75, 3.05) is 37.4 Å². The van der Waals surface area contributed by atoms with Gasteiger partial charge in [0.1, 0.15) is 18.2 Å². The summed E-state index contributed by atoms with van der Waals surface area (Å²) < 4.78 is 42.5. The number of carbonyl (C=O) groups is 1. The first-order valence-corrected chi connectivity index (χ1v) is 5.57. The van der Waals surface area contributed by atoms with Crippen molar-refractivity contribution in [3.8, 4) is 0 Å². The fourth-order valence-corrected chi connectivity index (χ4v) is 1.22. The van der Waals surface area contributed by atoms with Crippen LogP contribution in [0.4, 0.5) is 24.8 Å². The second kappa shape index (κ2) is 6.89. The fourth-order valence-electron chi connectivity index (χ4n) is 1.22. The van der Waals surface area contributed by atoms with E-state index in [2.05, 4.69) is 20.6 Å². The number of nitrogens with two attached hydrogens (primary N) is 1. The minimum atomic E-state index is -4.63. The summed E-state index contributed by atoms with van der Waals surface area (Å²) in [5.74, 6) is -1.83. The largest absolute Gasteiger partial charge is 0.451 e. The maximum atomic E-state index is 12.6. The molecular weight excluding hydrogens is 279 g/mol. The summed E-state index contributed by atoms with van der Waals surface area (Å²) in [5, 5.41) is 5.15. The Bertz CT molecular complexity index is 467. The Morgan fingerprint density at radius 2 is 2.05 bits per heavy atom. The number of primary amides is 1. The molecule has 0 aliphatic carbocycles. The summed E-state index contributed by atoms with van der Waals surface area (Å²) in [6.07, 6.45) is -4.63. The molecule has 0 atom stereocenters. The van der Waals surface area contributed by atoms with Gasteiger partial charge in [-0.2, -0.15) is 13.2 Å². The zero-order valence-corrected chi connectivity index (χ0v) is 10.6. The first-order chi connectivity index (χ1) is 9.32. The van der Waals surface area contributed by atoms with Crippen LogP contribution in [0.1, 0.15) is 5.82 Å². The molecule has 1 aromatic rings. The van der Waals surface area contributed by atoms with E-state index < -0.39 is 17.9 Å². The van der Waals surface area contributed by atoms with Crippen molar-refractivity contribution in [2.45, 2.75) is 6.18 Å². The zero-order valence-electron chi connectivity index (χ0n) is 10.6. The van der Waals surface area contributed by atoms with E-state index >= 15 is 0 Å². The van der Waals surface area contributed by atoms with Crippen LogP contribution in [-0.4, -0.2) is 42.7 Å². The van der Waals surface area contributed by atoms with Crippen LogP contribution in [0.5, 0.6) is 0 Å². The molecule has 7 nitrogen and oxygen atoms in total. The number of rotatable bonds is 7. The molecule has 0 saturated carbocycles. The Labute approximate surface area is 112 Å². The SMILES string of the molecule is CNc1cc(NCCOCC(N)=O)nc(C(F)(F)F)n1. The fraction of sp³-hybridized carbons (Fsp3) is 0.500. The van der Waals surface area contributed by atoms with Crippen LogP contribution in [0.15, 0.2) is 6.07 Å². The van der Waals surface area contributed by atoms with Crippen molar-refractivity contribution in [3.05, 3.63) is 11.9 Å². The average molecular weight is 293 g/mol. The van der Waals surface area contributed by atoms with Gasteiger partial charge in [0, 0.05) is 19.7 Å². The molecule has 0 bridgehead atoms. The normalized spacial score (nSPS) is 11.2. The predicted molar refractivity (Wildman–Crippen MR) is 65.1 cm³/mol. The zero-order chi connectivity index (χ0) is 15.2. The number of nitrogens with zero attached hydrogens (tertiary/aromatic N) is 2. The Morgan fingerprint density at radius 1 is 1.40 bits per heavy atom. The van der Waals surface area contributed by atoms with Gasteiger partial charge in [0.2, 0.25) is 11.7 Å². The van der Waals surface area contributed by atoms with E-state index in [4.69, 9.17) is 10.5 Å². The molecule has 0 radical (unpaired) electrons. The summed E-state index contributed by atoms with van der Waals surface area (Å²) in [4.78, 5) is 17.1. The van der Waals surface area contributed by atoms with E-state index in [1.807, 2.05) is 0 Å². The first-order valence-electron chi connectivity index (χ1n) is 5.57. The Hall–Kier alpha value is -2.10. The van der Waals surface area contributed by atoms with E-state index in [1.54, 1.807) is 0 Å². The summed E-state index contributed by atoms with van der Waals surface area (Å²) in [6, 6.07) is 1.32. The maximum absolute atomic E-state index is 12.6. The van der Waals surface area contributed by atoms with Crippen LogP contribution in [0.2, 0.25) is 0 Å². The molecule has 10 heteroatoms. The number of nitrogens with one attached hydrogen (secondary N) is 2. The molecule has 0 aliphatic heterocycles. The van der Waals surface area contributed by atoms with Crippen molar-refractivity contribution >= 4 is 17.5 Å². The first kappa shape index (κ1) is 16.0. The Balaban J connectivity index is 2.63. The van der Waals surface area contributed by atoms with E-state index in [1.165, 1.54) is 13.1 Å². The average Bonchev–Trinajstić information content (AvgIpc) is 2.36. The van der Waals surface area contributed by atoms with E-state index in [0.29, 0.717) is 0 Å². The van der Waals surface area contributed by atoms with Gasteiger partial charge in [-0.1, -0.05) is 0 Å². The number of ether oxygens (including phenoxy) is 1. The highest BCUT2D eigenvalue weighted by atomic mass is 19.4. The standard InChI is InChI=1S/C10H14F3N5O2/c1-15-7-4-8(16-2-3-20-5-6(14)19)18-9(17-7)10(11,12)13/h4H,2-3,5H2,1H3,(H2,14,19)(H2,15,16,17,18). The molecule has 1 aromatic heterocycles. The van der Waals surface area contributed by atoms with Gasteiger partial charge in [-0.05, 0) is 0 Å². The molecule has 20 heavy (non-hydrogen) atoms. The van der Waals surface area contributed by atoms with Gasteiger partial charge in [0.05, 0.1) is 6.61 Å². The molecule has 1 amide bonds. The van der Waals surface area contributed by atoms with Crippen LogP contribution in [0, 0.1) is 0 Å². The molecule has 0 unspecified atom stereocenters. The van der Waals surface area contributed by atoms with Gasteiger partial charge in [-0.3, -0.25) is 4.79 Å². The second-order valence-electron chi connectivity index (χ2n) is 3.66. The Kier molecular flexibility index (Phi) is 5.50. The highest BCUT2D eigenvalue weighted by molar-refractivity contribution is 5.74. The lowest BCUT2D eigenvalue weighted by Crippen LogP contribution is -2.21. The van der Waals surface area contributed by atoms with Crippen LogP contribution < -0.4 is 16.4 Å². The lowest BCUT2D eigenvalue weighted by atomic mass is 10.4. The number of aromatic nitrogens is 2. The molecule has 0 aromatic carbocycles. The van der Waals surface area contributed by atoms with Crippen molar-refractivity contribution < 1.29 is 22.7 Å². The van der Waals surface area contributed by atoms with Gasteiger partial charge >= 0.3 is 6.18 Å². The predicted octanol–water partition coefficient (Wildman–Crippen LogP) is 0.451. The van der Waals surface area contributed by atoms with Crippen LogP contribution >= 0.6 is 0 Å². The van der Waals surface area contributed by atoms with Crippen molar-refractivity contribution in [3.63, 3.8) is 0 Å². The minimum absolute atomic E-state index is 0.000602. The lowest BCUT2D eigenvalue weighted by molar-refractivity contribution is -0.144. The number of hydrogen-bond acceptors (Lipinski definition) is 6. The summed E-state index contributed by atoms with van der Waals surface area (Å²) in [5.41, 5.74) is 4.85. The van der Waals surface area contributed by atoms with Crippen LogP contribution in [0.25, 0.3) is 0 Å². The summed E-state index contributed by atoms with van der Waals surface area (Å²) in [6.45, 7) is 0.0228. The number of carbonyl (C=O) groups excluding carboxylic acids is 1. The highest BCUT2D eigenvalue weighted by Crippen LogP contribution is 2.28. The van der Waals surface area contributed by atoms with Crippen molar-refractivity contribution in [1.82, 2.24) is 9.97 Å². The number of halogens is 3. The Morgan fingerprint density at radius 3 is 2.60 bits per heavy atom. The molecule has 1 heterocycles. The van der Waals surface area contributed by atoms with Gasteiger partial charge in [-0.25, -0.2) is 9.97 Å². The van der Waals surface area contributed by atoms with E-state index in [-0.39, 0.29) is 31.4 Å². The van der Waals surface area contributed by atoms with Crippen LogP contribution in [0.3, 0.4) is 0 Å². The van der Waals surface area contributed by atoms with Gasteiger partial charge in [0.15, 0.2) is 0 Å². The monoisotopic (exact) mass is 293 g/mol. The van der Waals surface area contributed by atoms with Crippen molar-refractivity contribution in [2.24, 2.45) is 5.73 Å². The minimum Gasteiger partial charge on any atom is -0.373 e. The third-order valence-electron chi connectivity index (χ3n) is 2.03. The molecule has 0 aliphatic rings. The molecule has 1 rings (SSSR count). The van der Waals surface area contributed by atoms with Gasteiger partial charge in [0.25, 0.3) is 0 Å². The molecule has 0 fully saturated rings. The smallest absolute Gasteiger partial charge is 0.373 e. The third-order valence-corrected chi connectivity index (χ3v) is 2.03. The summed E-state index contributed by atoms with van der Waals surface area (Å²) in [7, 11) is 1.45. The van der Waals surface area contributed by atoms with Gasteiger partial charge in [-0.15, -0.1) is 0 Å². The number of alkyl halides is 3. The quantitative estimate of drug-likeness (QED) is 0.631. The topological polar surface area (TPSA) is 102 Å². The number of anilines is 2. The molecule has 112 valence electrons.